The molecule has 59 heavy (non-hydrogen) atoms. The topological polar surface area (TPSA) is 9.86 Å². The van der Waals surface area contributed by atoms with E-state index in [2.05, 4.69) is 203 Å². The molecule has 0 radical (unpaired) electrons. The average Bonchev–Trinajstić information content (AvgIpc) is 3.97. The Hall–Kier alpha value is -7.20. The first kappa shape index (κ1) is 31.8. The van der Waals surface area contributed by atoms with E-state index in [9.17, 15) is 0 Å². The fourth-order valence-corrected chi connectivity index (χ4v) is 12.3. The number of para-hydroxylation sites is 2. The van der Waals surface area contributed by atoms with Gasteiger partial charge in [0.2, 0.25) is 0 Å². The number of benzene rings is 9. The molecule has 274 valence electrons. The predicted molar refractivity (Wildman–Crippen MR) is 248 cm³/mol. The van der Waals surface area contributed by atoms with Gasteiger partial charge in [-0.15, -0.1) is 11.3 Å². The van der Waals surface area contributed by atoms with Crippen molar-refractivity contribution in [3.8, 4) is 22.5 Å². The van der Waals surface area contributed by atoms with Crippen LogP contribution in [-0.2, 0) is 0 Å². The molecule has 0 fully saturated rings. The SMILES string of the molecule is c1ccc(-c2cccc(-n3c4ccccc4c4c5c(ccc43)C3c4ccccc4C5c4c3ccc3c4c4ccccc4n3-c3ccc4sc5ccccc5c4c3)c2)cc1. The first-order chi connectivity index (χ1) is 29.3. The maximum Gasteiger partial charge on any atom is 0.0544 e. The van der Waals surface area contributed by atoms with Crippen molar-refractivity contribution in [1.82, 2.24) is 9.13 Å². The minimum atomic E-state index is 0.0751. The predicted octanol–water partition coefficient (Wildman–Crippen LogP) is 14.9. The summed E-state index contributed by atoms with van der Waals surface area (Å²) < 4.78 is 7.69. The van der Waals surface area contributed by atoms with Crippen molar-refractivity contribution in [3.05, 3.63) is 228 Å². The zero-order chi connectivity index (χ0) is 38.3. The molecule has 3 heterocycles. The third kappa shape index (κ3) is 4.20. The van der Waals surface area contributed by atoms with E-state index in [0.717, 1.165) is 0 Å². The zero-order valence-electron chi connectivity index (χ0n) is 31.9. The van der Waals surface area contributed by atoms with Gasteiger partial charge in [-0.1, -0.05) is 133 Å². The molecule has 3 aliphatic rings. The summed E-state index contributed by atoms with van der Waals surface area (Å²) in [4.78, 5) is 0. The quantitative estimate of drug-likeness (QED) is 0.169. The molecule has 9 aromatic carbocycles. The minimum Gasteiger partial charge on any atom is -0.309 e. The van der Waals surface area contributed by atoms with Gasteiger partial charge in [-0.05, 0) is 105 Å². The number of thiophene rings is 1. The molecule has 15 rings (SSSR count). The summed E-state index contributed by atoms with van der Waals surface area (Å²) in [5.41, 5.74) is 18.5. The number of hydrogen-bond donors (Lipinski definition) is 0. The van der Waals surface area contributed by atoms with Crippen LogP contribution < -0.4 is 0 Å². The number of rotatable bonds is 3. The lowest BCUT2D eigenvalue weighted by molar-refractivity contribution is 0.768. The lowest BCUT2D eigenvalue weighted by Gasteiger charge is -2.43. The van der Waals surface area contributed by atoms with Gasteiger partial charge in [0.1, 0.15) is 0 Å². The molecule has 3 aromatic heterocycles. The zero-order valence-corrected chi connectivity index (χ0v) is 32.7. The first-order valence-electron chi connectivity index (χ1n) is 20.6. The summed E-state index contributed by atoms with van der Waals surface area (Å²) in [6.07, 6.45) is 0. The Morgan fingerprint density at radius 2 is 0.864 bits per heavy atom. The van der Waals surface area contributed by atoms with Crippen LogP contribution >= 0.6 is 11.3 Å². The monoisotopic (exact) mass is 766 g/mol. The van der Waals surface area contributed by atoms with E-state index in [4.69, 9.17) is 0 Å². The van der Waals surface area contributed by atoms with Crippen molar-refractivity contribution in [2.24, 2.45) is 0 Å². The van der Waals surface area contributed by atoms with E-state index >= 15 is 0 Å². The van der Waals surface area contributed by atoms with Gasteiger partial charge in [-0.2, -0.15) is 0 Å². The van der Waals surface area contributed by atoms with E-state index in [0.29, 0.717) is 0 Å². The van der Waals surface area contributed by atoms with E-state index in [1.165, 1.54) is 120 Å². The Kier molecular flexibility index (Phi) is 6.31. The van der Waals surface area contributed by atoms with Gasteiger partial charge in [-0.3, -0.25) is 0 Å². The molecular formula is C56H34N2S. The summed E-state index contributed by atoms with van der Waals surface area (Å²) in [5, 5.41) is 8.01. The van der Waals surface area contributed by atoms with Gasteiger partial charge in [-0.25, -0.2) is 0 Å². The van der Waals surface area contributed by atoms with Crippen LogP contribution in [0.1, 0.15) is 45.2 Å². The Balaban J connectivity index is 1.07. The molecule has 0 amide bonds. The van der Waals surface area contributed by atoms with Gasteiger partial charge >= 0.3 is 0 Å². The van der Waals surface area contributed by atoms with Crippen LogP contribution in [0.2, 0.25) is 0 Å². The molecule has 2 unspecified atom stereocenters. The van der Waals surface area contributed by atoms with Crippen molar-refractivity contribution in [3.63, 3.8) is 0 Å². The number of aromatic nitrogens is 2. The number of hydrogen-bond acceptors (Lipinski definition) is 1. The lowest BCUT2D eigenvalue weighted by atomic mass is 9.59. The normalized spacial score (nSPS) is 15.5. The average molecular weight is 767 g/mol. The maximum absolute atomic E-state index is 2.53. The Labute approximate surface area is 344 Å². The highest BCUT2D eigenvalue weighted by Gasteiger charge is 2.44. The van der Waals surface area contributed by atoms with Gasteiger partial charge in [0.15, 0.2) is 0 Å². The summed E-state index contributed by atoms with van der Waals surface area (Å²) in [6.45, 7) is 0. The highest BCUT2D eigenvalue weighted by Crippen LogP contribution is 2.60. The third-order valence-electron chi connectivity index (χ3n) is 13.5. The molecule has 0 saturated carbocycles. The fourth-order valence-electron chi connectivity index (χ4n) is 11.2. The largest absolute Gasteiger partial charge is 0.309 e. The van der Waals surface area contributed by atoms with Crippen LogP contribution in [0.15, 0.2) is 194 Å². The van der Waals surface area contributed by atoms with Crippen molar-refractivity contribution in [2.75, 3.05) is 0 Å². The molecule has 3 heteroatoms. The van der Waals surface area contributed by atoms with Crippen molar-refractivity contribution in [2.45, 2.75) is 11.8 Å². The molecule has 0 N–H and O–H groups in total. The van der Waals surface area contributed by atoms with Crippen LogP contribution in [0.5, 0.6) is 0 Å². The highest BCUT2D eigenvalue weighted by atomic mass is 32.1. The van der Waals surface area contributed by atoms with Crippen molar-refractivity contribution >= 4 is 75.1 Å². The fraction of sp³-hybridized carbons (Fsp3) is 0.0357. The second-order valence-electron chi connectivity index (χ2n) is 16.3. The summed E-state index contributed by atoms with van der Waals surface area (Å²) in [6, 6.07) is 72.8. The number of nitrogens with zero attached hydrogens (tertiary/aromatic N) is 2. The molecule has 2 atom stereocenters. The molecule has 0 saturated heterocycles. The van der Waals surface area contributed by atoms with Crippen LogP contribution in [0, 0.1) is 0 Å². The Morgan fingerprint density at radius 1 is 0.322 bits per heavy atom. The highest BCUT2D eigenvalue weighted by molar-refractivity contribution is 7.25. The second-order valence-corrected chi connectivity index (χ2v) is 17.4. The summed E-state index contributed by atoms with van der Waals surface area (Å²) >= 11 is 1.88. The van der Waals surface area contributed by atoms with Crippen LogP contribution in [-0.4, -0.2) is 9.13 Å². The van der Waals surface area contributed by atoms with Crippen LogP contribution in [0.25, 0.3) is 86.3 Å². The maximum atomic E-state index is 2.53. The summed E-state index contributed by atoms with van der Waals surface area (Å²) in [5.74, 6) is 0.222. The lowest BCUT2D eigenvalue weighted by Crippen LogP contribution is -2.28. The minimum absolute atomic E-state index is 0.0751. The van der Waals surface area contributed by atoms with Gasteiger partial charge in [0.25, 0.3) is 0 Å². The number of fused-ring (bicyclic) bond motifs is 9. The van der Waals surface area contributed by atoms with E-state index in [-0.39, 0.29) is 11.8 Å². The van der Waals surface area contributed by atoms with Crippen LogP contribution in [0.4, 0.5) is 0 Å². The van der Waals surface area contributed by atoms with Gasteiger partial charge in [0, 0.05) is 64.9 Å². The van der Waals surface area contributed by atoms with Gasteiger partial charge < -0.3 is 9.13 Å². The molecular weight excluding hydrogens is 733 g/mol. The molecule has 0 aliphatic heterocycles. The van der Waals surface area contributed by atoms with Gasteiger partial charge in [0.05, 0.1) is 22.1 Å². The van der Waals surface area contributed by atoms with E-state index in [1.54, 1.807) is 0 Å². The van der Waals surface area contributed by atoms with E-state index in [1.807, 2.05) is 11.3 Å². The molecule has 12 aromatic rings. The molecule has 0 spiro atoms. The first-order valence-corrected chi connectivity index (χ1v) is 21.4. The molecule has 3 aliphatic carbocycles. The Morgan fingerprint density at radius 3 is 1.56 bits per heavy atom. The third-order valence-corrected chi connectivity index (χ3v) is 14.6. The van der Waals surface area contributed by atoms with Crippen molar-refractivity contribution < 1.29 is 0 Å². The molecule has 2 nitrogen and oxygen atoms in total. The van der Waals surface area contributed by atoms with Crippen LogP contribution in [0.3, 0.4) is 0 Å². The standard InChI is InChI=1S/C56H34N2S/c1-2-13-33(14-3-1)34-15-12-16-35(31-34)57-45-22-9-6-20-40(45)52-47(57)28-26-42-51-38-18-4-5-19-39(38)54(55(42)52)56-43(51)27-29-48-53(56)41-21-7-10-23-46(41)58(48)36-25-30-50-44(32-36)37-17-8-11-24-49(37)59-50/h1-32,51,54H. The summed E-state index contributed by atoms with van der Waals surface area (Å²) in [7, 11) is 0. The Bertz CT molecular complexity index is 3750. The van der Waals surface area contributed by atoms with E-state index < -0.39 is 0 Å². The van der Waals surface area contributed by atoms with Crippen molar-refractivity contribution in [1.29, 1.82) is 0 Å². The smallest absolute Gasteiger partial charge is 0.0544 e. The second kappa shape index (κ2) is 11.7. The molecule has 2 bridgehead atoms.